The normalized spacial score (nSPS) is 22.0. The molecule has 1 aliphatic heterocycles. The predicted molar refractivity (Wildman–Crippen MR) is 45.2 cm³/mol. The van der Waals surface area contributed by atoms with Gasteiger partial charge in [-0.2, -0.15) is 0 Å². The third-order valence-corrected chi connectivity index (χ3v) is 2.14. The smallest absolute Gasteiger partial charge is 0.410 e. The summed E-state index contributed by atoms with van der Waals surface area (Å²) in [6, 6.07) is -0.105. The molecule has 76 valence electrons. The number of hydrogen-bond acceptors (Lipinski definition) is 4. The van der Waals surface area contributed by atoms with Gasteiger partial charge in [0.15, 0.2) is 0 Å². The fraction of sp³-hybridized carbons (Fsp3) is 0.875. The van der Waals surface area contributed by atoms with Gasteiger partial charge in [-0.25, -0.2) is 4.79 Å². The zero-order chi connectivity index (χ0) is 9.68. The van der Waals surface area contributed by atoms with Crippen molar-refractivity contribution in [1.29, 1.82) is 0 Å². The van der Waals surface area contributed by atoms with Gasteiger partial charge < -0.3 is 19.8 Å². The summed E-state index contributed by atoms with van der Waals surface area (Å²) in [4.78, 5) is 12.8. The molecule has 0 spiro atoms. The van der Waals surface area contributed by atoms with E-state index in [-0.39, 0.29) is 25.9 Å². The molecule has 0 aromatic rings. The van der Waals surface area contributed by atoms with Crippen molar-refractivity contribution < 1.29 is 19.7 Å². The second kappa shape index (κ2) is 5.04. The predicted octanol–water partition coefficient (Wildman–Crippen LogP) is -0.428. The Labute approximate surface area is 76.9 Å². The lowest BCUT2D eigenvalue weighted by Crippen LogP contribution is -2.38. The molecule has 1 saturated heterocycles. The maximum absolute atomic E-state index is 11.3. The van der Waals surface area contributed by atoms with E-state index in [1.165, 1.54) is 4.90 Å². The number of aliphatic hydroxyl groups is 2. The largest absolute Gasteiger partial charge is 0.447 e. The Hall–Kier alpha value is -0.810. The maximum atomic E-state index is 11.3. The third kappa shape index (κ3) is 2.57. The van der Waals surface area contributed by atoms with Gasteiger partial charge in [0, 0.05) is 6.54 Å². The average Bonchev–Trinajstić information content (AvgIpc) is 2.61. The summed E-state index contributed by atoms with van der Waals surface area (Å²) in [5, 5.41) is 17.3. The monoisotopic (exact) mass is 189 g/mol. The first-order valence-corrected chi connectivity index (χ1v) is 4.44. The number of amides is 1. The van der Waals surface area contributed by atoms with Crippen LogP contribution in [0.15, 0.2) is 0 Å². The van der Waals surface area contributed by atoms with Crippen molar-refractivity contribution in [3.05, 3.63) is 0 Å². The molecule has 5 nitrogen and oxygen atoms in total. The summed E-state index contributed by atoms with van der Waals surface area (Å²) in [6.45, 7) is 0.473. The Kier molecular flexibility index (Phi) is 3.98. The van der Waals surface area contributed by atoms with Gasteiger partial charge in [0.1, 0.15) is 6.61 Å². The fourth-order valence-corrected chi connectivity index (χ4v) is 1.48. The summed E-state index contributed by atoms with van der Waals surface area (Å²) in [7, 11) is 0. The number of nitrogens with zero attached hydrogens (tertiary/aromatic N) is 1. The Bertz CT molecular complexity index is 174. The summed E-state index contributed by atoms with van der Waals surface area (Å²) in [5.41, 5.74) is 0. The van der Waals surface area contributed by atoms with E-state index in [2.05, 4.69) is 0 Å². The van der Waals surface area contributed by atoms with Gasteiger partial charge in [-0.3, -0.25) is 0 Å². The Morgan fingerprint density at radius 1 is 1.54 bits per heavy atom. The third-order valence-electron chi connectivity index (χ3n) is 2.14. The van der Waals surface area contributed by atoms with Crippen LogP contribution in [0.1, 0.15) is 12.8 Å². The topological polar surface area (TPSA) is 70.0 Å². The van der Waals surface area contributed by atoms with Crippen molar-refractivity contribution in [3.63, 3.8) is 0 Å². The Morgan fingerprint density at radius 2 is 2.31 bits per heavy atom. The first-order chi connectivity index (χ1) is 6.29. The molecule has 0 aliphatic carbocycles. The molecule has 1 aliphatic rings. The van der Waals surface area contributed by atoms with E-state index in [1.54, 1.807) is 0 Å². The van der Waals surface area contributed by atoms with Crippen molar-refractivity contribution in [2.24, 2.45) is 0 Å². The number of hydrogen-bond donors (Lipinski definition) is 2. The highest BCUT2D eigenvalue weighted by molar-refractivity contribution is 5.68. The highest BCUT2D eigenvalue weighted by Crippen LogP contribution is 2.17. The second-order valence-electron chi connectivity index (χ2n) is 3.01. The van der Waals surface area contributed by atoms with E-state index in [9.17, 15) is 4.79 Å². The van der Waals surface area contributed by atoms with Crippen LogP contribution in [0.3, 0.4) is 0 Å². The number of aliphatic hydroxyl groups excluding tert-OH is 2. The van der Waals surface area contributed by atoms with E-state index < -0.39 is 6.09 Å². The van der Waals surface area contributed by atoms with Crippen LogP contribution in [0.5, 0.6) is 0 Å². The van der Waals surface area contributed by atoms with Crippen LogP contribution < -0.4 is 0 Å². The van der Waals surface area contributed by atoms with Crippen molar-refractivity contribution in [3.8, 4) is 0 Å². The minimum atomic E-state index is -0.439. The zero-order valence-electron chi connectivity index (χ0n) is 7.48. The maximum Gasteiger partial charge on any atom is 0.410 e. The van der Waals surface area contributed by atoms with Gasteiger partial charge in [0.2, 0.25) is 0 Å². The van der Waals surface area contributed by atoms with Gasteiger partial charge in [-0.15, -0.1) is 0 Å². The molecule has 0 aromatic heterocycles. The molecule has 1 atom stereocenters. The number of likely N-dealkylation sites (tertiary alicyclic amines) is 1. The first-order valence-electron chi connectivity index (χ1n) is 4.44. The lowest BCUT2D eigenvalue weighted by molar-refractivity contribution is 0.0708. The van der Waals surface area contributed by atoms with E-state index in [1.807, 2.05) is 0 Å². The molecule has 2 N–H and O–H groups in total. The molecule has 1 rings (SSSR count). The molecule has 1 heterocycles. The minimum absolute atomic E-state index is 0.0196. The van der Waals surface area contributed by atoms with Gasteiger partial charge in [-0.05, 0) is 12.8 Å². The average molecular weight is 189 g/mol. The molecule has 0 saturated carbocycles. The molecule has 1 amide bonds. The fourth-order valence-electron chi connectivity index (χ4n) is 1.48. The van der Waals surface area contributed by atoms with E-state index >= 15 is 0 Å². The number of rotatable bonds is 3. The van der Waals surface area contributed by atoms with Crippen LogP contribution in [0.4, 0.5) is 4.79 Å². The molecule has 1 fully saturated rings. The molecular weight excluding hydrogens is 174 g/mol. The lowest BCUT2D eigenvalue weighted by Gasteiger charge is -2.21. The van der Waals surface area contributed by atoms with Gasteiger partial charge in [0.25, 0.3) is 0 Å². The minimum Gasteiger partial charge on any atom is -0.447 e. The lowest BCUT2D eigenvalue weighted by atomic mass is 10.2. The highest BCUT2D eigenvalue weighted by Gasteiger charge is 2.28. The van der Waals surface area contributed by atoms with Crippen molar-refractivity contribution in [1.82, 2.24) is 4.90 Å². The quantitative estimate of drug-likeness (QED) is 0.632. The molecule has 0 aromatic carbocycles. The highest BCUT2D eigenvalue weighted by atomic mass is 16.6. The van der Waals surface area contributed by atoms with E-state index in [0.29, 0.717) is 6.54 Å². The van der Waals surface area contributed by atoms with Crippen LogP contribution in [0.2, 0.25) is 0 Å². The van der Waals surface area contributed by atoms with Gasteiger partial charge in [-0.1, -0.05) is 0 Å². The molecule has 0 bridgehead atoms. The summed E-state index contributed by atoms with van der Waals surface area (Å²) < 4.78 is 4.73. The van der Waals surface area contributed by atoms with Crippen LogP contribution in [0.25, 0.3) is 0 Å². The molecule has 5 heteroatoms. The second-order valence-corrected chi connectivity index (χ2v) is 3.01. The zero-order valence-corrected chi connectivity index (χ0v) is 7.48. The Morgan fingerprint density at radius 3 is 2.92 bits per heavy atom. The number of carbonyl (C=O) groups is 1. The summed E-state index contributed by atoms with van der Waals surface area (Å²) >= 11 is 0. The van der Waals surface area contributed by atoms with Gasteiger partial charge >= 0.3 is 6.09 Å². The van der Waals surface area contributed by atoms with Crippen molar-refractivity contribution in [2.45, 2.75) is 18.9 Å². The number of ether oxygens (including phenoxy) is 1. The van der Waals surface area contributed by atoms with Gasteiger partial charge in [0.05, 0.1) is 19.3 Å². The van der Waals surface area contributed by atoms with E-state index in [4.69, 9.17) is 14.9 Å². The van der Waals surface area contributed by atoms with Crippen molar-refractivity contribution in [2.75, 3.05) is 26.4 Å². The van der Waals surface area contributed by atoms with Crippen LogP contribution in [0, 0.1) is 0 Å². The molecule has 0 unspecified atom stereocenters. The van der Waals surface area contributed by atoms with Crippen molar-refractivity contribution >= 4 is 6.09 Å². The van der Waals surface area contributed by atoms with E-state index in [0.717, 1.165) is 12.8 Å². The first kappa shape index (κ1) is 10.3. The summed E-state index contributed by atoms with van der Waals surface area (Å²) in [5.74, 6) is 0. The molecule has 13 heavy (non-hydrogen) atoms. The van der Waals surface area contributed by atoms with Crippen LogP contribution in [-0.4, -0.2) is 53.6 Å². The SMILES string of the molecule is O=C(OCCO)N1CCC[C@H]1CO. The Balaban J connectivity index is 2.36. The summed E-state index contributed by atoms with van der Waals surface area (Å²) in [6.07, 6.45) is 1.29. The standard InChI is InChI=1S/C8H15NO4/c10-4-5-13-8(12)9-3-1-2-7(9)6-11/h7,10-11H,1-6H2/t7-/m0/s1. The van der Waals surface area contributed by atoms with Crippen LogP contribution >= 0.6 is 0 Å². The number of carbonyl (C=O) groups excluding carboxylic acids is 1. The molecular formula is C8H15NO4. The van der Waals surface area contributed by atoms with Crippen LogP contribution in [-0.2, 0) is 4.74 Å². The molecule has 0 radical (unpaired) electrons.